The summed E-state index contributed by atoms with van der Waals surface area (Å²) in [5.74, 6) is 6.00. The normalized spacial score (nSPS) is 16.8. The van der Waals surface area contributed by atoms with Crippen molar-refractivity contribution in [2.75, 3.05) is 0 Å². The van der Waals surface area contributed by atoms with Gasteiger partial charge in [-0.2, -0.15) is 0 Å². The first kappa shape index (κ1) is 17.0. The lowest BCUT2D eigenvalue weighted by Crippen LogP contribution is -2.41. The molecule has 0 amide bonds. The molecule has 2 heterocycles. The third kappa shape index (κ3) is 3.66. The summed E-state index contributed by atoms with van der Waals surface area (Å²) in [7, 11) is 0. The van der Waals surface area contributed by atoms with E-state index in [0.717, 1.165) is 23.3 Å². The Kier molecular flexibility index (Phi) is 4.04. The Labute approximate surface area is 147 Å². The number of rotatable bonds is 1. The van der Waals surface area contributed by atoms with E-state index in [2.05, 4.69) is 50.6 Å². The molecule has 0 saturated heterocycles. The minimum atomic E-state index is -0.994. The number of aromatic carboxylic acids is 1. The molecule has 3 rings (SSSR count). The highest BCUT2D eigenvalue weighted by Gasteiger charge is 2.38. The summed E-state index contributed by atoms with van der Waals surface area (Å²) in [5.41, 5.74) is 2.57. The number of ether oxygens (including phenoxy) is 1. The molecule has 0 unspecified atom stereocenters. The van der Waals surface area contributed by atoms with E-state index in [9.17, 15) is 4.79 Å². The Bertz CT molecular complexity index is 884. The summed E-state index contributed by atoms with van der Waals surface area (Å²) in [5, 5.41) is 8.89. The summed E-state index contributed by atoms with van der Waals surface area (Å²) >= 11 is 0. The highest BCUT2D eigenvalue weighted by Crippen LogP contribution is 2.44. The van der Waals surface area contributed by atoms with Gasteiger partial charge in [0.2, 0.25) is 0 Å². The number of hydrogen-bond donors (Lipinski definition) is 1. The summed E-state index contributed by atoms with van der Waals surface area (Å²) in [4.78, 5) is 14.9. The third-order valence-corrected chi connectivity index (χ3v) is 4.31. The standard InChI is InChI=1S/C21H21NO3/c1-20(2)13-21(3,4)25-18-10-6-14(11-17(18)20)5-8-16-9-7-15(12-22-16)19(23)24/h6-7,9-12H,13H2,1-4H3,(H,23,24). The van der Waals surface area contributed by atoms with Gasteiger partial charge >= 0.3 is 5.97 Å². The van der Waals surface area contributed by atoms with Crippen LogP contribution in [0.15, 0.2) is 36.5 Å². The second-order valence-electron chi connectivity index (χ2n) is 7.62. The van der Waals surface area contributed by atoms with Crippen molar-refractivity contribution in [1.82, 2.24) is 4.98 Å². The molecule has 1 aromatic heterocycles. The average molecular weight is 335 g/mol. The number of carboxylic acids is 1. The lowest BCUT2D eigenvalue weighted by atomic mass is 9.73. The van der Waals surface area contributed by atoms with E-state index in [4.69, 9.17) is 9.84 Å². The van der Waals surface area contributed by atoms with Crippen LogP contribution in [0.2, 0.25) is 0 Å². The second-order valence-corrected chi connectivity index (χ2v) is 7.62. The fourth-order valence-corrected chi connectivity index (χ4v) is 3.45. The van der Waals surface area contributed by atoms with Gasteiger partial charge in [-0.05, 0) is 61.9 Å². The highest BCUT2D eigenvalue weighted by atomic mass is 16.5. The van der Waals surface area contributed by atoms with Gasteiger partial charge in [0, 0.05) is 17.3 Å². The van der Waals surface area contributed by atoms with Crippen LogP contribution in [0.25, 0.3) is 0 Å². The van der Waals surface area contributed by atoms with Crippen LogP contribution in [-0.4, -0.2) is 21.7 Å². The number of fused-ring (bicyclic) bond motifs is 1. The Hall–Kier alpha value is -2.80. The molecule has 25 heavy (non-hydrogen) atoms. The molecule has 0 fully saturated rings. The van der Waals surface area contributed by atoms with Gasteiger partial charge in [-0.3, -0.25) is 0 Å². The molecular weight excluding hydrogens is 314 g/mol. The van der Waals surface area contributed by atoms with Crippen molar-refractivity contribution < 1.29 is 14.6 Å². The topological polar surface area (TPSA) is 59.4 Å². The van der Waals surface area contributed by atoms with Gasteiger partial charge in [-0.25, -0.2) is 9.78 Å². The molecule has 1 aliphatic rings. The molecular formula is C21H21NO3. The number of carbonyl (C=O) groups is 1. The Morgan fingerprint density at radius 1 is 1.16 bits per heavy atom. The van der Waals surface area contributed by atoms with E-state index < -0.39 is 5.97 Å². The van der Waals surface area contributed by atoms with Crippen LogP contribution in [0.1, 0.15) is 61.3 Å². The van der Waals surface area contributed by atoms with E-state index in [0.29, 0.717) is 5.69 Å². The van der Waals surface area contributed by atoms with Crippen molar-refractivity contribution in [2.45, 2.75) is 45.1 Å². The highest BCUT2D eigenvalue weighted by molar-refractivity contribution is 5.87. The predicted molar refractivity (Wildman–Crippen MR) is 96.0 cm³/mol. The summed E-state index contributed by atoms with van der Waals surface area (Å²) in [6.07, 6.45) is 2.25. The molecule has 0 spiro atoms. The fraction of sp³-hybridized carbons (Fsp3) is 0.333. The van der Waals surface area contributed by atoms with Crippen LogP contribution < -0.4 is 4.74 Å². The van der Waals surface area contributed by atoms with E-state index in [1.165, 1.54) is 12.3 Å². The monoisotopic (exact) mass is 335 g/mol. The summed E-state index contributed by atoms with van der Waals surface area (Å²) < 4.78 is 6.09. The molecule has 0 saturated carbocycles. The molecule has 1 aromatic carbocycles. The number of hydrogen-bond acceptors (Lipinski definition) is 3. The molecule has 0 aliphatic carbocycles. The maximum Gasteiger partial charge on any atom is 0.337 e. The number of nitrogens with zero attached hydrogens (tertiary/aromatic N) is 1. The van der Waals surface area contributed by atoms with Gasteiger partial charge in [0.1, 0.15) is 17.0 Å². The van der Waals surface area contributed by atoms with Crippen molar-refractivity contribution in [1.29, 1.82) is 0 Å². The average Bonchev–Trinajstić information content (AvgIpc) is 2.52. The third-order valence-electron chi connectivity index (χ3n) is 4.31. The van der Waals surface area contributed by atoms with E-state index >= 15 is 0 Å². The van der Waals surface area contributed by atoms with Gasteiger partial charge in [0.25, 0.3) is 0 Å². The van der Waals surface area contributed by atoms with Gasteiger partial charge < -0.3 is 9.84 Å². The Balaban J connectivity index is 1.90. The minimum absolute atomic E-state index is 0.0101. The first-order chi connectivity index (χ1) is 11.7. The number of carboxylic acid groups (broad SMARTS) is 1. The number of aromatic nitrogens is 1. The maximum atomic E-state index is 10.8. The van der Waals surface area contributed by atoms with Crippen molar-refractivity contribution in [3.8, 4) is 17.6 Å². The number of pyridine rings is 1. The number of benzene rings is 1. The minimum Gasteiger partial charge on any atom is -0.488 e. The van der Waals surface area contributed by atoms with Crippen LogP contribution in [0.5, 0.6) is 5.75 Å². The smallest absolute Gasteiger partial charge is 0.337 e. The van der Waals surface area contributed by atoms with Crippen LogP contribution in [-0.2, 0) is 5.41 Å². The second kappa shape index (κ2) is 5.93. The lowest BCUT2D eigenvalue weighted by molar-refractivity contribution is 0.0534. The molecule has 0 atom stereocenters. The Morgan fingerprint density at radius 2 is 1.92 bits per heavy atom. The quantitative estimate of drug-likeness (QED) is 0.800. The van der Waals surface area contributed by atoms with Crippen molar-refractivity contribution in [2.24, 2.45) is 0 Å². The lowest BCUT2D eigenvalue weighted by Gasteiger charge is -2.42. The van der Waals surface area contributed by atoms with Crippen LogP contribution in [0.4, 0.5) is 0 Å². The summed E-state index contributed by atoms with van der Waals surface area (Å²) in [6.45, 7) is 8.66. The molecule has 1 aliphatic heterocycles. The van der Waals surface area contributed by atoms with Gasteiger partial charge in [-0.1, -0.05) is 19.8 Å². The van der Waals surface area contributed by atoms with E-state index in [1.54, 1.807) is 6.07 Å². The zero-order chi connectivity index (χ0) is 18.2. The summed E-state index contributed by atoms with van der Waals surface area (Å²) in [6, 6.07) is 9.11. The first-order valence-electron chi connectivity index (χ1n) is 8.21. The van der Waals surface area contributed by atoms with Crippen molar-refractivity contribution in [3.63, 3.8) is 0 Å². The van der Waals surface area contributed by atoms with Gasteiger partial charge in [-0.15, -0.1) is 0 Å². The molecule has 0 radical (unpaired) electrons. The van der Waals surface area contributed by atoms with Crippen LogP contribution in [0, 0.1) is 11.8 Å². The van der Waals surface area contributed by atoms with Gasteiger partial charge in [0.05, 0.1) is 5.56 Å². The van der Waals surface area contributed by atoms with Gasteiger partial charge in [0.15, 0.2) is 0 Å². The van der Waals surface area contributed by atoms with Crippen molar-refractivity contribution >= 4 is 5.97 Å². The van der Waals surface area contributed by atoms with E-state index in [-0.39, 0.29) is 16.6 Å². The maximum absolute atomic E-state index is 10.8. The zero-order valence-electron chi connectivity index (χ0n) is 14.9. The van der Waals surface area contributed by atoms with Crippen molar-refractivity contribution in [3.05, 3.63) is 58.9 Å². The Morgan fingerprint density at radius 3 is 2.56 bits per heavy atom. The fourth-order valence-electron chi connectivity index (χ4n) is 3.45. The largest absolute Gasteiger partial charge is 0.488 e. The van der Waals surface area contributed by atoms with E-state index in [1.807, 2.05) is 12.1 Å². The molecule has 4 heteroatoms. The molecule has 128 valence electrons. The molecule has 4 nitrogen and oxygen atoms in total. The zero-order valence-corrected chi connectivity index (χ0v) is 14.9. The van der Waals surface area contributed by atoms with Crippen LogP contribution in [0.3, 0.4) is 0 Å². The van der Waals surface area contributed by atoms with Crippen LogP contribution >= 0.6 is 0 Å². The molecule has 2 aromatic rings. The molecule has 1 N–H and O–H groups in total. The SMILES string of the molecule is CC1(C)CC(C)(C)c2cc(C#Cc3ccc(C(=O)O)cn3)ccc2O1. The predicted octanol–water partition coefficient (Wildman–Crippen LogP) is 4.02. The first-order valence-corrected chi connectivity index (χ1v) is 8.21. The molecule has 0 bridgehead atoms.